The molecule has 1 aromatic rings. The van der Waals surface area contributed by atoms with Gasteiger partial charge in [0, 0.05) is 25.5 Å². The molecule has 18 heavy (non-hydrogen) atoms. The summed E-state index contributed by atoms with van der Waals surface area (Å²) < 4.78 is 25.2. The van der Waals surface area contributed by atoms with Gasteiger partial charge < -0.3 is 5.32 Å². The number of rotatable bonds is 5. The van der Waals surface area contributed by atoms with E-state index in [1.807, 2.05) is 0 Å². The molecule has 1 aliphatic rings. The molecule has 0 aromatic carbocycles. The Balaban J connectivity index is 2.03. The van der Waals surface area contributed by atoms with Gasteiger partial charge >= 0.3 is 0 Å². The van der Waals surface area contributed by atoms with Gasteiger partial charge in [-0.05, 0) is 25.0 Å². The fourth-order valence-electron chi connectivity index (χ4n) is 1.47. The Hall–Kier alpha value is -1.47. The first kappa shape index (κ1) is 13.0. The highest BCUT2D eigenvalue weighted by molar-refractivity contribution is 7.89. The maximum Gasteiger partial charge on any atom is 0.244 e. The van der Waals surface area contributed by atoms with E-state index in [1.54, 1.807) is 6.07 Å². The van der Waals surface area contributed by atoms with Gasteiger partial charge in [0.1, 0.15) is 4.90 Å². The number of pyridine rings is 1. The van der Waals surface area contributed by atoms with Gasteiger partial charge in [0.25, 0.3) is 0 Å². The molecule has 1 fully saturated rings. The number of carbonyl (C=O) groups excluding carboxylic acids is 1. The predicted molar refractivity (Wildman–Crippen MR) is 65.2 cm³/mol. The van der Waals surface area contributed by atoms with E-state index in [0.717, 1.165) is 17.1 Å². The standard InChI is InChI=1S/C11H15N3O3S/c1-14(8-11(15)13-9-4-5-9)18(16,17)10-3-2-6-12-7-10/h2-3,6-7,9H,4-5,8H2,1H3,(H,13,15). The number of amides is 1. The lowest BCUT2D eigenvalue weighted by molar-refractivity contribution is -0.121. The fraction of sp³-hybridized carbons (Fsp3) is 0.455. The Labute approximate surface area is 106 Å². The van der Waals surface area contributed by atoms with Crippen molar-refractivity contribution in [3.05, 3.63) is 24.5 Å². The second kappa shape index (κ2) is 5.03. The molecule has 1 aromatic heterocycles. The topological polar surface area (TPSA) is 79.4 Å². The lowest BCUT2D eigenvalue weighted by Gasteiger charge is -2.16. The second-order valence-electron chi connectivity index (χ2n) is 4.29. The van der Waals surface area contributed by atoms with Crippen LogP contribution in [0.2, 0.25) is 0 Å². The Morgan fingerprint density at radius 2 is 2.28 bits per heavy atom. The van der Waals surface area contributed by atoms with Gasteiger partial charge in [0.15, 0.2) is 0 Å². The zero-order chi connectivity index (χ0) is 13.2. The number of carbonyl (C=O) groups is 1. The number of likely N-dealkylation sites (N-methyl/N-ethyl adjacent to an activating group) is 1. The number of nitrogens with one attached hydrogen (secondary N) is 1. The van der Waals surface area contributed by atoms with Crippen LogP contribution in [0.4, 0.5) is 0 Å². The molecule has 1 N–H and O–H groups in total. The molecular formula is C11H15N3O3S. The lowest BCUT2D eigenvalue weighted by Crippen LogP contribution is -2.39. The highest BCUT2D eigenvalue weighted by atomic mass is 32.2. The minimum atomic E-state index is -3.64. The molecule has 0 aliphatic heterocycles. The third-order valence-corrected chi connectivity index (χ3v) is 4.44. The van der Waals surface area contributed by atoms with Crippen molar-refractivity contribution in [3.63, 3.8) is 0 Å². The van der Waals surface area contributed by atoms with Crippen molar-refractivity contribution in [2.75, 3.05) is 13.6 Å². The molecule has 1 saturated carbocycles. The van der Waals surface area contributed by atoms with Crippen LogP contribution in [0.3, 0.4) is 0 Å². The number of aromatic nitrogens is 1. The van der Waals surface area contributed by atoms with Gasteiger partial charge in [-0.1, -0.05) is 0 Å². The second-order valence-corrected chi connectivity index (χ2v) is 6.34. The molecule has 0 saturated heterocycles. The van der Waals surface area contributed by atoms with E-state index >= 15 is 0 Å². The molecule has 0 radical (unpaired) electrons. The zero-order valence-electron chi connectivity index (χ0n) is 10.0. The van der Waals surface area contributed by atoms with Gasteiger partial charge in [0.2, 0.25) is 15.9 Å². The first-order chi connectivity index (χ1) is 8.50. The molecule has 0 unspecified atom stereocenters. The zero-order valence-corrected chi connectivity index (χ0v) is 10.9. The predicted octanol–water partition coefficient (Wildman–Crippen LogP) is -0.0193. The Bertz CT molecular complexity index is 526. The van der Waals surface area contributed by atoms with Crippen LogP contribution in [-0.4, -0.2) is 43.2 Å². The van der Waals surface area contributed by atoms with Crippen molar-refractivity contribution < 1.29 is 13.2 Å². The minimum Gasteiger partial charge on any atom is -0.352 e. The number of nitrogens with zero attached hydrogens (tertiary/aromatic N) is 2. The van der Waals surface area contributed by atoms with Crippen LogP contribution < -0.4 is 5.32 Å². The summed E-state index contributed by atoms with van der Waals surface area (Å²) in [5.74, 6) is -0.271. The van der Waals surface area contributed by atoms with Crippen LogP contribution in [0, 0.1) is 0 Å². The van der Waals surface area contributed by atoms with E-state index in [2.05, 4.69) is 10.3 Å². The summed E-state index contributed by atoms with van der Waals surface area (Å²) in [6.07, 6.45) is 4.72. The molecule has 6 nitrogen and oxygen atoms in total. The van der Waals surface area contributed by atoms with Crippen molar-refractivity contribution in [2.45, 2.75) is 23.8 Å². The third-order valence-electron chi connectivity index (χ3n) is 2.65. The average Bonchev–Trinajstić information content (AvgIpc) is 3.13. The monoisotopic (exact) mass is 269 g/mol. The maximum absolute atomic E-state index is 12.1. The molecule has 98 valence electrons. The fourth-order valence-corrected chi connectivity index (χ4v) is 2.56. The van der Waals surface area contributed by atoms with E-state index in [9.17, 15) is 13.2 Å². The largest absolute Gasteiger partial charge is 0.352 e. The van der Waals surface area contributed by atoms with E-state index in [-0.39, 0.29) is 23.4 Å². The molecular weight excluding hydrogens is 254 g/mol. The van der Waals surface area contributed by atoms with Crippen LogP contribution in [0.1, 0.15) is 12.8 Å². The van der Waals surface area contributed by atoms with Gasteiger partial charge in [-0.3, -0.25) is 9.78 Å². The van der Waals surface area contributed by atoms with Crippen LogP contribution in [0.15, 0.2) is 29.4 Å². The van der Waals surface area contributed by atoms with Crippen LogP contribution in [0.5, 0.6) is 0 Å². The SMILES string of the molecule is CN(CC(=O)NC1CC1)S(=O)(=O)c1cccnc1. The van der Waals surface area contributed by atoms with Crippen LogP contribution in [0.25, 0.3) is 0 Å². The summed E-state index contributed by atoms with van der Waals surface area (Å²) in [5.41, 5.74) is 0. The van der Waals surface area contributed by atoms with Crippen molar-refractivity contribution >= 4 is 15.9 Å². The molecule has 0 bridgehead atoms. The van der Waals surface area contributed by atoms with Crippen molar-refractivity contribution in [3.8, 4) is 0 Å². The third kappa shape index (κ3) is 3.05. The number of hydrogen-bond acceptors (Lipinski definition) is 4. The average molecular weight is 269 g/mol. The molecule has 2 rings (SSSR count). The smallest absolute Gasteiger partial charge is 0.244 e. The van der Waals surface area contributed by atoms with Crippen LogP contribution >= 0.6 is 0 Å². The summed E-state index contributed by atoms with van der Waals surface area (Å²) >= 11 is 0. The summed E-state index contributed by atoms with van der Waals surface area (Å²) in [5, 5.41) is 2.75. The normalized spacial score (nSPS) is 15.7. The molecule has 7 heteroatoms. The summed E-state index contributed by atoms with van der Waals surface area (Å²) in [6.45, 7) is -0.173. The van der Waals surface area contributed by atoms with E-state index in [0.29, 0.717) is 0 Å². The van der Waals surface area contributed by atoms with E-state index in [1.165, 1.54) is 25.5 Å². The Kier molecular flexibility index (Phi) is 3.63. The van der Waals surface area contributed by atoms with Crippen LogP contribution in [-0.2, 0) is 14.8 Å². The summed E-state index contributed by atoms with van der Waals surface area (Å²) in [7, 11) is -2.26. The molecule has 0 spiro atoms. The number of sulfonamides is 1. The van der Waals surface area contributed by atoms with Crippen molar-refractivity contribution in [1.29, 1.82) is 0 Å². The molecule has 0 atom stereocenters. The van der Waals surface area contributed by atoms with Gasteiger partial charge in [-0.25, -0.2) is 8.42 Å². The quantitative estimate of drug-likeness (QED) is 0.814. The van der Waals surface area contributed by atoms with E-state index < -0.39 is 10.0 Å². The first-order valence-electron chi connectivity index (χ1n) is 5.66. The van der Waals surface area contributed by atoms with E-state index in [4.69, 9.17) is 0 Å². The Morgan fingerprint density at radius 3 is 2.83 bits per heavy atom. The number of hydrogen-bond donors (Lipinski definition) is 1. The van der Waals surface area contributed by atoms with Gasteiger partial charge in [-0.2, -0.15) is 4.31 Å². The highest BCUT2D eigenvalue weighted by Gasteiger charge is 2.27. The lowest BCUT2D eigenvalue weighted by atomic mass is 10.5. The first-order valence-corrected chi connectivity index (χ1v) is 7.10. The minimum absolute atomic E-state index is 0.0896. The summed E-state index contributed by atoms with van der Waals surface area (Å²) in [6, 6.07) is 3.23. The molecule has 1 heterocycles. The van der Waals surface area contributed by atoms with Gasteiger partial charge in [-0.15, -0.1) is 0 Å². The van der Waals surface area contributed by atoms with Gasteiger partial charge in [0.05, 0.1) is 6.54 Å². The highest BCUT2D eigenvalue weighted by Crippen LogP contribution is 2.18. The van der Waals surface area contributed by atoms with Crippen molar-refractivity contribution in [1.82, 2.24) is 14.6 Å². The van der Waals surface area contributed by atoms with Crippen molar-refractivity contribution in [2.24, 2.45) is 0 Å². The molecule has 1 aliphatic carbocycles. The maximum atomic E-state index is 12.1. The summed E-state index contributed by atoms with van der Waals surface area (Å²) in [4.78, 5) is 15.4. The Morgan fingerprint density at radius 1 is 1.56 bits per heavy atom. The molecule has 1 amide bonds.